The van der Waals surface area contributed by atoms with Crippen molar-refractivity contribution in [3.8, 4) is 5.75 Å². The van der Waals surface area contributed by atoms with Crippen molar-refractivity contribution in [2.75, 3.05) is 50.1 Å². The number of rotatable bonds is 7. The summed E-state index contributed by atoms with van der Waals surface area (Å²) in [7, 11) is 1.43. The molecule has 1 aliphatic heterocycles. The molecule has 1 aliphatic rings. The van der Waals surface area contributed by atoms with Crippen LogP contribution in [0.15, 0.2) is 42.5 Å². The minimum Gasteiger partial charge on any atom is -0.496 e. The maximum absolute atomic E-state index is 12.4. The number of quaternary nitrogens is 1. The van der Waals surface area contributed by atoms with Crippen LogP contribution in [0.2, 0.25) is 0 Å². The molecule has 1 amide bonds. The smallest absolute Gasteiger partial charge is 0.296 e. The van der Waals surface area contributed by atoms with Gasteiger partial charge in [-0.2, -0.15) is 0 Å². The third-order valence-electron chi connectivity index (χ3n) is 5.20. The number of amides is 1. The van der Waals surface area contributed by atoms with Crippen LogP contribution in [0.25, 0.3) is 0 Å². The van der Waals surface area contributed by atoms with Gasteiger partial charge in [-0.05, 0) is 43.3 Å². The quantitative estimate of drug-likeness (QED) is 0.401. The topological polar surface area (TPSA) is 106 Å². The Balaban J connectivity index is 1.54. The molecule has 0 radical (unpaired) electrons. The number of Topliss-reactive ketones (excluding diaryl/α,β-unsaturated/α-hetero) is 1. The Kier molecular flexibility index (Phi) is 6.63. The van der Waals surface area contributed by atoms with E-state index < -0.39 is 4.92 Å². The van der Waals surface area contributed by atoms with Gasteiger partial charge in [-0.3, -0.25) is 19.7 Å². The summed E-state index contributed by atoms with van der Waals surface area (Å²) in [5.41, 5.74) is 1.70. The van der Waals surface area contributed by atoms with Crippen molar-refractivity contribution in [3.63, 3.8) is 0 Å². The Morgan fingerprint density at radius 2 is 1.83 bits per heavy atom. The lowest BCUT2D eigenvalue weighted by Gasteiger charge is -2.33. The first-order chi connectivity index (χ1) is 14.4. The van der Waals surface area contributed by atoms with E-state index in [-0.39, 0.29) is 29.6 Å². The van der Waals surface area contributed by atoms with E-state index in [1.54, 1.807) is 13.0 Å². The molecule has 0 bridgehead atoms. The second kappa shape index (κ2) is 9.36. The zero-order chi connectivity index (χ0) is 21.7. The lowest BCUT2D eigenvalue weighted by molar-refractivity contribution is -0.892. The molecule has 30 heavy (non-hydrogen) atoms. The Labute approximate surface area is 174 Å². The highest BCUT2D eigenvalue weighted by atomic mass is 16.6. The van der Waals surface area contributed by atoms with Crippen molar-refractivity contribution in [1.29, 1.82) is 0 Å². The molecule has 1 heterocycles. The van der Waals surface area contributed by atoms with Crippen molar-refractivity contribution in [2.45, 2.75) is 6.92 Å². The first-order valence-electron chi connectivity index (χ1n) is 9.69. The Hall–Kier alpha value is -3.46. The summed E-state index contributed by atoms with van der Waals surface area (Å²) in [6, 6.07) is 11.9. The van der Waals surface area contributed by atoms with E-state index in [0.29, 0.717) is 11.3 Å². The summed E-state index contributed by atoms with van der Waals surface area (Å²) in [5, 5.41) is 13.9. The van der Waals surface area contributed by atoms with Crippen molar-refractivity contribution in [3.05, 3.63) is 58.1 Å². The molecule has 9 nitrogen and oxygen atoms in total. The molecule has 9 heteroatoms. The number of hydrogen-bond acceptors (Lipinski definition) is 6. The van der Waals surface area contributed by atoms with Gasteiger partial charge in [0.2, 0.25) is 0 Å². The third kappa shape index (κ3) is 5.12. The minimum atomic E-state index is -0.541. The number of nitrogens with zero attached hydrogens (tertiary/aromatic N) is 2. The van der Waals surface area contributed by atoms with Crippen molar-refractivity contribution >= 4 is 28.8 Å². The van der Waals surface area contributed by atoms with E-state index >= 15 is 0 Å². The van der Waals surface area contributed by atoms with Crippen LogP contribution in [0, 0.1) is 10.1 Å². The zero-order valence-corrected chi connectivity index (χ0v) is 17.0. The lowest BCUT2D eigenvalue weighted by Crippen LogP contribution is -3.15. The summed E-state index contributed by atoms with van der Waals surface area (Å²) in [5.74, 6) is 0.134. The summed E-state index contributed by atoms with van der Waals surface area (Å²) >= 11 is 0. The van der Waals surface area contributed by atoms with Gasteiger partial charge in [-0.15, -0.1) is 0 Å². The highest BCUT2D eigenvalue weighted by Crippen LogP contribution is 2.28. The number of benzene rings is 2. The SMILES string of the molecule is COc1ccc(NC(=O)C[NH+]2CCN(c3ccc(C(C)=O)cc3)CC2)c([N+](=O)[O-])c1. The molecule has 3 rings (SSSR count). The molecule has 1 saturated heterocycles. The number of hydrogen-bond donors (Lipinski definition) is 2. The van der Waals surface area contributed by atoms with Crippen LogP contribution in [-0.2, 0) is 4.79 Å². The van der Waals surface area contributed by atoms with Crippen LogP contribution in [-0.4, -0.2) is 56.4 Å². The average Bonchev–Trinajstić information content (AvgIpc) is 2.74. The van der Waals surface area contributed by atoms with Crippen LogP contribution < -0.4 is 19.9 Å². The fraction of sp³-hybridized carbons (Fsp3) is 0.333. The molecule has 0 aliphatic carbocycles. The van der Waals surface area contributed by atoms with Crippen LogP contribution >= 0.6 is 0 Å². The number of nitro benzene ring substituents is 1. The molecule has 0 unspecified atom stereocenters. The van der Waals surface area contributed by atoms with E-state index in [9.17, 15) is 19.7 Å². The van der Waals surface area contributed by atoms with Gasteiger partial charge in [-0.1, -0.05) is 0 Å². The molecule has 2 N–H and O–H groups in total. The predicted molar refractivity (Wildman–Crippen MR) is 113 cm³/mol. The maximum Gasteiger partial charge on any atom is 0.296 e. The molecule has 0 atom stereocenters. The second-order valence-electron chi connectivity index (χ2n) is 7.21. The van der Waals surface area contributed by atoms with Gasteiger partial charge in [0.05, 0.1) is 44.3 Å². The predicted octanol–water partition coefficient (Wildman–Crippen LogP) is 1.15. The van der Waals surface area contributed by atoms with E-state index in [4.69, 9.17) is 4.74 Å². The highest BCUT2D eigenvalue weighted by molar-refractivity contribution is 5.94. The first kappa shape index (κ1) is 21.3. The number of ketones is 1. The van der Waals surface area contributed by atoms with E-state index in [2.05, 4.69) is 10.2 Å². The fourth-order valence-corrected chi connectivity index (χ4v) is 3.48. The summed E-state index contributed by atoms with van der Waals surface area (Å²) in [6.07, 6.45) is 0. The molecular weight excluding hydrogens is 388 g/mol. The minimum absolute atomic E-state index is 0.0407. The van der Waals surface area contributed by atoms with Crippen LogP contribution in [0.3, 0.4) is 0 Å². The third-order valence-corrected chi connectivity index (χ3v) is 5.20. The fourth-order valence-electron chi connectivity index (χ4n) is 3.48. The Morgan fingerprint density at radius 3 is 2.40 bits per heavy atom. The molecule has 0 aromatic heterocycles. The number of ether oxygens (including phenoxy) is 1. The van der Waals surface area contributed by atoms with Crippen LogP contribution in [0.4, 0.5) is 17.1 Å². The Morgan fingerprint density at radius 1 is 1.17 bits per heavy atom. The number of nitrogens with one attached hydrogen (secondary N) is 2. The number of piperazine rings is 1. The summed E-state index contributed by atoms with van der Waals surface area (Å²) < 4.78 is 5.01. The first-order valence-corrected chi connectivity index (χ1v) is 9.69. The highest BCUT2D eigenvalue weighted by Gasteiger charge is 2.24. The monoisotopic (exact) mass is 413 g/mol. The molecule has 1 fully saturated rings. The largest absolute Gasteiger partial charge is 0.496 e. The van der Waals surface area contributed by atoms with Gasteiger partial charge in [0.1, 0.15) is 11.4 Å². The van der Waals surface area contributed by atoms with Crippen molar-refractivity contribution in [1.82, 2.24) is 0 Å². The molecular formula is C21H25N4O5+. The van der Waals surface area contributed by atoms with Gasteiger partial charge in [0.25, 0.3) is 11.6 Å². The van der Waals surface area contributed by atoms with Gasteiger partial charge < -0.3 is 19.9 Å². The number of carbonyl (C=O) groups excluding carboxylic acids is 2. The van der Waals surface area contributed by atoms with Crippen LogP contribution in [0.5, 0.6) is 5.75 Å². The molecule has 0 saturated carbocycles. The standard InChI is InChI=1S/C21H24N4O5/c1-15(26)16-3-5-17(6-4-16)24-11-9-23(10-12-24)14-21(27)22-19-8-7-18(30-2)13-20(19)25(28)29/h3-8,13H,9-12,14H2,1-2H3,(H,22,27)/p+1. The van der Waals surface area contributed by atoms with Gasteiger partial charge in [0.15, 0.2) is 12.3 Å². The summed E-state index contributed by atoms with van der Waals surface area (Å²) in [6.45, 7) is 4.89. The van der Waals surface area contributed by atoms with Gasteiger partial charge in [0, 0.05) is 11.3 Å². The normalized spacial score (nSPS) is 14.3. The Bertz CT molecular complexity index is 937. The maximum atomic E-state index is 12.4. The summed E-state index contributed by atoms with van der Waals surface area (Å²) in [4.78, 5) is 37.9. The number of methoxy groups -OCH3 is 1. The number of anilines is 2. The zero-order valence-electron chi connectivity index (χ0n) is 17.0. The second-order valence-corrected chi connectivity index (χ2v) is 7.21. The number of nitro groups is 1. The van der Waals surface area contributed by atoms with Gasteiger partial charge >= 0.3 is 0 Å². The average molecular weight is 413 g/mol. The van der Waals surface area contributed by atoms with Crippen LogP contribution in [0.1, 0.15) is 17.3 Å². The van der Waals surface area contributed by atoms with Gasteiger partial charge in [-0.25, -0.2) is 0 Å². The molecule has 0 spiro atoms. The van der Waals surface area contributed by atoms with Crippen molar-refractivity contribution in [2.24, 2.45) is 0 Å². The lowest BCUT2D eigenvalue weighted by atomic mass is 10.1. The number of carbonyl (C=O) groups is 2. The molecule has 2 aromatic carbocycles. The van der Waals surface area contributed by atoms with E-state index in [1.807, 2.05) is 24.3 Å². The van der Waals surface area contributed by atoms with E-state index in [0.717, 1.165) is 36.8 Å². The van der Waals surface area contributed by atoms with Crippen molar-refractivity contribution < 1.29 is 24.1 Å². The van der Waals surface area contributed by atoms with E-state index in [1.165, 1.54) is 19.2 Å². The molecule has 158 valence electrons. The molecule has 2 aromatic rings.